The third-order valence-electron chi connectivity index (χ3n) is 3.98. The van der Waals surface area contributed by atoms with Gasteiger partial charge >= 0.3 is 0 Å². The van der Waals surface area contributed by atoms with Gasteiger partial charge in [0.2, 0.25) is 10.0 Å². The van der Waals surface area contributed by atoms with Crippen molar-refractivity contribution < 1.29 is 8.42 Å². The van der Waals surface area contributed by atoms with Crippen LogP contribution < -0.4 is 0 Å². The van der Waals surface area contributed by atoms with Crippen LogP contribution in [0.4, 0.5) is 0 Å². The van der Waals surface area contributed by atoms with E-state index < -0.39 is 10.0 Å². The second-order valence-corrected chi connectivity index (χ2v) is 9.14. The first kappa shape index (κ1) is 15.0. The number of rotatable bonds is 3. The molecular formula is C16H14N2O2S3. The molecule has 0 aromatic carbocycles. The van der Waals surface area contributed by atoms with Gasteiger partial charge in [-0.05, 0) is 47.0 Å². The largest absolute Gasteiger partial charge is 0.263 e. The quantitative estimate of drug-likeness (QED) is 0.716. The highest BCUT2D eigenvalue weighted by atomic mass is 32.2. The summed E-state index contributed by atoms with van der Waals surface area (Å²) in [6.45, 7) is 0.493. The molecule has 118 valence electrons. The highest BCUT2D eigenvalue weighted by molar-refractivity contribution is 7.89. The number of pyridine rings is 1. The van der Waals surface area contributed by atoms with E-state index in [1.807, 2.05) is 22.9 Å². The molecule has 4 heterocycles. The summed E-state index contributed by atoms with van der Waals surface area (Å²) in [6, 6.07) is 9.05. The first-order valence-electron chi connectivity index (χ1n) is 7.19. The van der Waals surface area contributed by atoms with Gasteiger partial charge in [-0.2, -0.15) is 4.31 Å². The molecule has 0 spiro atoms. The number of hydrogen-bond acceptors (Lipinski definition) is 5. The van der Waals surface area contributed by atoms with Crippen LogP contribution in [0.25, 0.3) is 0 Å². The number of sulfonamides is 1. The average Bonchev–Trinajstić information content (AvgIpc) is 3.26. The van der Waals surface area contributed by atoms with E-state index in [0.717, 1.165) is 16.9 Å². The average molecular weight is 363 g/mol. The van der Waals surface area contributed by atoms with E-state index in [0.29, 0.717) is 6.54 Å². The molecule has 0 amide bonds. The smallest absolute Gasteiger partial charge is 0.245 e. The molecule has 3 aromatic rings. The van der Waals surface area contributed by atoms with E-state index in [2.05, 4.69) is 11.1 Å². The maximum absolute atomic E-state index is 13.1. The molecule has 4 rings (SSSR count). The van der Waals surface area contributed by atoms with E-state index in [1.54, 1.807) is 45.3 Å². The predicted molar refractivity (Wildman–Crippen MR) is 92.3 cm³/mol. The first-order chi connectivity index (χ1) is 11.2. The molecule has 0 N–H and O–H groups in total. The minimum atomic E-state index is -3.58. The highest BCUT2D eigenvalue weighted by Crippen LogP contribution is 2.41. The van der Waals surface area contributed by atoms with E-state index in [4.69, 9.17) is 0 Å². The van der Waals surface area contributed by atoms with Crippen molar-refractivity contribution in [3.8, 4) is 0 Å². The number of fused-ring (bicyclic) bond motifs is 1. The van der Waals surface area contributed by atoms with Crippen LogP contribution in [0.15, 0.2) is 58.4 Å². The molecule has 23 heavy (non-hydrogen) atoms. The van der Waals surface area contributed by atoms with Gasteiger partial charge in [0.1, 0.15) is 4.90 Å². The van der Waals surface area contributed by atoms with Gasteiger partial charge in [0.05, 0.1) is 6.04 Å². The number of thiophene rings is 2. The predicted octanol–water partition coefficient (Wildman–Crippen LogP) is 3.54. The second-order valence-electron chi connectivity index (χ2n) is 5.27. The Kier molecular flexibility index (Phi) is 3.81. The summed E-state index contributed by atoms with van der Waals surface area (Å²) in [4.78, 5) is 6.55. The Balaban J connectivity index is 1.85. The zero-order chi connectivity index (χ0) is 15.9. The number of nitrogens with zero attached hydrogens (tertiary/aromatic N) is 2. The lowest BCUT2D eigenvalue weighted by Gasteiger charge is -2.34. The molecule has 0 saturated heterocycles. The van der Waals surface area contributed by atoms with Crippen molar-refractivity contribution in [3.05, 3.63) is 68.8 Å². The van der Waals surface area contributed by atoms with Crippen molar-refractivity contribution >= 4 is 32.7 Å². The molecule has 1 aliphatic heterocycles. The lowest BCUT2D eigenvalue weighted by atomic mass is 10.0. The summed E-state index contributed by atoms with van der Waals surface area (Å²) in [5.74, 6) is 0. The molecule has 0 radical (unpaired) electrons. The molecule has 0 bridgehead atoms. The van der Waals surface area contributed by atoms with Crippen LogP contribution in [-0.2, 0) is 16.4 Å². The van der Waals surface area contributed by atoms with Crippen LogP contribution in [0.1, 0.15) is 21.4 Å². The zero-order valence-electron chi connectivity index (χ0n) is 12.1. The minimum Gasteiger partial charge on any atom is -0.263 e. The van der Waals surface area contributed by atoms with Gasteiger partial charge in [-0.15, -0.1) is 22.7 Å². The maximum Gasteiger partial charge on any atom is 0.245 e. The van der Waals surface area contributed by atoms with Crippen molar-refractivity contribution in [1.29, 1.82) is 0 Å². The van der Waals surface area contributed by atoms with Gasteiger partial charge in [-0.25, -0.2) is 8.42 Å². The Hall–Kier alpha value is -1.54. The molecule has 0 aliphatic carbocycles. The Bertz CT molecular complexity index is 902. The normalized spacial score (nSPS) is 18.7. The van der Waals surface area contributed by atoms with Gasteiger partial charge in [-0.1, -0.05) is 6.07 Å². The fraction of sp³-hybridized carbons (Fsp3) is 0.188. The molecule has 1 atom stereocenters. The summed E-state index contributed by atoms with van der Waals surface area (Å²) in [6.07, 6.45) is 3.77. The number of aromatic nitrogens is 1. The topological polar surface area (TPSA) is 50.3 Å². The minimum absolute atomic E-state index is 0.241. The molecule has 0 fully saturated rings. The summed E-state index contributed by atoms with van der Waals surface area (Å²) in [7, 11) is -3.58. The fourth-order valence-electron chi connectivity index (χ4n) is 2.93. The highest BCUT2D eigenvalue weighted by Gasteiger charge is 2.38. The van der Waals surface area contributed by atoms with E-state index >= 15 is 0 Å². The van der Waals surface area contributed by atoms with Crippen molar-refractivity contribution in [3.63, 3.8) is 0 Å². The Morgan fingerprint density at radius 1 is 1.13 bits per heavy atom. The van der Waals surface area contributed by atoms with Crippen LogP contribution in [0.5, 0.6) is 0 Å². The van der Waals surface area contributed by atoms with Crippen LogP contribution in [0, 0.1) is 0 Å². The Morgan fingerprint density at radius 2 is 2.04 bits per heavy atom. The fourth-order valence-corrected chi connectivity index (χ4v) is 6.31. The van der Waals surface area contributed by atoms with Gasteiger partial charge < -0.3 is 0 Å². The first-order valence-corrected chi connectivity index (χ1v) is 10.4. The zero-order valence-corrected chi connectivity index (χ0v) is 14.6. The molecule has 1 aliphatic rings. The van der Waals surface area contributed by atoms with E-state index in [-0.39, 0.29) is 10.9 Å². The Morgan fingerprint density at radius 3 is 2.78 bits per heavy atom. The number of hydrogen-bond donors (Lipinski definition) is 0. The standard InChI is InChI=1S/C16H14N2O2S3/c19-23(20,12-3-1-7-17-11-12)18-8-5-14-13(6-10-22-14)16(18)15-4-2-9-21-15/h1-4,6-7,9-11,16H,5,8H2. The lowest BCUT2D eigenvalue weighted by molar-refractivity contribution is 0.350. The van der Waals surface area contributed by atoms with Crippen molar-refractivity contribution in [2.75, 3.05) is 6.54 Å². The molecule has 1 unspecified atom stereocenters. The van der Waals surface area contributed by atoms with Crippen LogP contribution in [0.2, 0.25) is 0 Å². The SMILES string of the molecule is O=S(=O)(c1cccnc1)N1CCc2sccc2C1c1cccs1. The summed E-state index contributed by atoms with van der Waals surface area (Å²) >= 11 is 3.30. The molecular weight excluding hydrogens is 348 g/mol. The summed E-state index contributed by atoms with van der Waals surface area (Å²) < 4.78 is 27.9. The summed E-state index contributed by atoms with van der Waals surface area (Å²) in [5.41, 5.74) is 1.11. The molecule has 0 saturated carbocycles. The van der Waals surface area contributed by atoms with E-state index in [1.165, 1.54) is 11.1 Å². The van der Waals surface area contributed by atoms with Crippen LogP contribution in [-0.4, -0.2) is 24.3 Å². The van der Waals surface area contributed by atoms with Gasteiger partial charge in [0.25, 0.3) is 0 Å². The third-order valence-corrected chi connectivity index (χ3v) is 7.74. The second kappa shape index (κ2) is 5.83. The summed E-state index contributed by atoms with van der Waals surface area (Å²) in [5, 5.41) is 4.04. The van der Waals surface area contributed by atoms with Gasteiger partial charge in [-0.3, -0.25) is 4.98 Å². The molecule has 4 nitrogen and oxygen atoms in total. The van der Waals surface area contributed by atoms with Crippen LogP contribution in [0.3, 0.4) is 0 Å². The van der Waals surface area contributed by atoms with Gasteiger partial charge in [0, 0.05) is 28.7 Å². The van der Waals surface area contributed by atoms with Crippen molar-refractivity contribution in [1.82, 2.24) is 9.29 Å². The van der Waals surface area contributed by atoms with Crippen molar-refractivity contribution in [2.24, 2.45) is 0 Å². The molecule has 7 heteroatoms. The van der Waals surface area contributed by atoms with E-state index in [9.17, 15) is 8.42 Å². The molecule has 3 aromatic heterocycles. The third kappa shape index (κ3) is 2.53. The Labute approximate surface area is 143 Å². The van der Waals surface area contributed by atoms with Gasteiger partial charge in [0.15, 0.2) is 0 Å². The maximum atomic E-state index is 13.1. The monoisotopic (exact) mass is 362 g/mol. The van der Waals surface area contributed by atoms with Crippen molar-refractivity contribution in [2.45, 2.75) is 17.4 Å². The lowest BCUT2D eigenvalue weighted by Crippen LogP contribution is -2.39. The van der Waals surface area contributed by atoms with Crippen LogP contribution >= 0.6 is 22.7 Å².